The summed E-state index contributed by atoms with van der Waals surface area (Å²) in [4.78, 5) is 4.75. The first-order valence-corrected chi connectivity index (χ1v) is 26.4. The van der Waals surface area contributed by atoms with Gasteiger partial charge in [0.05, 0.1) is 45.3 Å². The number of anilines is 6. The lowest BCUT2D eigenvalue weighted by Crippen LogP contribution is -2.42. The average molecular weight is 971 g/mol. The van der Waals surface area contributed by atoms with Crippen LogP contribution < -0.4 is 9.80 Å². The van der Waals surface area contributed by atoms with Gasteiger partial charge in [0.25, 0.3) is 0 Å². The van der Waals surface area contributed by atoms with E-state index in [0.717, 1.165) is 101 Å². The maximum Gasteiger partial charge on any atom is 0.102 e. The number of nitrogens with zero attached hydrogens (tertiary/aromatic N) is 4. The molecule has 366 valence electrons. The van der Waals surface area contributed by atoms with E-state index in [-0.39, 0.29) is 5.41 Å². The van der Waals surface area contributed by atoms with E-state index in [1.165, 1.54) is 0 Å². The highest BCUT2D eigenvalue weighted by Crippen LogP contribution is 2.68. The van der Waals surface area contributed by atoms with Crippen LogP contribution >= 0.6 is 0 Å². The lowest BCUT2D eigenvalue weighted by molar-refractivity contribution is 0.125. The molecule has 0 N–H and O–H groups in total. The van der Waals surface area contributed by atoms with Crippen LogP contribution in [0.2, 0.25) is 0 Å². The smallest absolute Gasteiger partial charge is 0.102 e. The third kappa shape index (κ3) is 6.79. The maximum absolute atomic E-state index is 12.4. The molecule has 1 aliphatic carbocycles. The van der Waals surface area contributed by atoms with Crippen LogP contribution in [0.5, 0.6) is 0 Å². The molecule has 3 aliphatic rings. The molecule has 0 aromatic heterocycles. The van der Waals surface area contributed by atoms with E-state index >= 15 is 0 Å². The number of hydrogen-bond acceptors (Lipinski definition) is 4. The van der Waals surface area contributed by atoms with Crippen molar-refractivity contribution in [1.29, 1.82) is 10.5 Å². The second kappa shape index (κ2) is 16.8. The molecular weight excluding hydrogens is 909 g/mol. The van der Waals surface area contributed by atoms with Crippen LogP contribution in [-0.2, 0) is 21.7 Å². The van der Waals surface area contributed by atoms with Gasteiger partial charge >= 0.3 is 0 Å². The minimum atomic E-state index is -0.528. The van der Waals surface area contributed by atoms with E-state index in [9.17, 15) is 10.5 Å². The lowest BCUT2D eigenvalue weighted by Gasteiger charge is -2.47. The Morgan fingerprint density at radius 1 is 0.307 bits per heavy atom. The van der Waals surface area contributed by atoms with Crippen molar-refractivity contribution in [3.05, 3.63) is 239 Å². The van der Waals surface area contributed by atoms with Gasteiger partial charge in [-0.15, -0.1) is 0 Å². The molecule has 0 atom stereocenters. The zero-order valence-corrected chi connectivity index (χ0v) is 44.8. The van der Waals surface area contributed by atoms with Crippen molar-refractivity contribution in [2.24, 2.45) is 5.41 Å². The van der Waals surface area contributed by atoms with Gasteiger partial charge in [0.15, 0.2) is 0 Å². The summed E-state index contributed by atoms with van der Waals surface area (Å²) in [5.74, 6) is 0. The second-order valence-electron chi connectivity index (χ2n) is 23.6. The molecule has 12 rings (SSSR count). The molecule has 0 radical (unpaired) electrons. The van der Waals surface area contributed by atoms with Crippen LogP contribution in [0.4, 0.5) is 34.1 Å². The van der Waals surface area contributed by atoms with Crippen molar-refractivity contribution < 1.29 is 0 Å². The normalized spacial score (nSPS) is 16.6. The molecule has 0 saturated heterocycles. The van der Waals surface area contributed by atoms with Crippen molar-refractivity contribution in [3.8, 4) is 56.6 Å². The van der Waals surface area contributed by atoms with Gasteiger partial charge < -0.3 is 9.80 Å². The van der Waals surface area contributed by atoms with Gasteiger partial charge in [-0.25, -0.2) is 0 Å². The number of nitriles is 2. The van der Waals surface area contributed by atoms with Gasteiger partial charge in [0.2, 0.25) is 0 Å². The number of rotatable bonds is 6. The Balaban J connectivity index is 1.26. The highest BCUT2D eigenvalue weighted by molar-refractivity contribution is 6.04. The Bertz CT molecular complexity index is 3430. The minimum absolute atomic E-state index is 0.376. The van der Waals surface area contributed by atoms with Gasteiger partial charge in [0.1, 0.15) is 12.1 Å². The molecule has 2 aliphatic heterocycles. The Kier molecular flexibility index (Phi) is 10.6. The second-order valence-corrected chi connectivity index (χ2v) is 23.6. The van der Waals surface area contributed by atoms with Crippen molar-refractivity contribution in [2.75, 3.05) is 9.80 Å². The minimum Gasteiger partial charge on any atom is -0.307 e. The summed E-state index contributed by atoms with van der Waals surface area (Å²) in [6.07, 6.45) is 0. The Morgan fingerprint density at radius 2 is 0.547 bits per heavy atom. The van der Waals surface area contributed by atoms with Gasteiger partial charge in [-0.1, -0.05) is 215 Å². The molecule has 0 bridgehead atoms. The molecule has 75 heavy (non-hydrogen) atoms. The van der Waals surface area contributed by atoms with Crippen molar-refractivity contribution in [1.82, 2.24) is 0 Å². The van der Waals surface area contributed by atoms with Gasteiger partial charge in [-0.05, 0) is 143 Å². The van der Waals surface area contributed by atoms with E-state index in [0.29, 0.717) is 22.5 Å². The summed E-state index contributed by atoms with van der Waals surface area (Å²) in [5, 5.41) is 24.8. The number of benzene rings is 9. The predicted octanol–water partition coefficient (Wildman–Crippen LogP) is 18.9. The molecule has 4 heteroatoms. The SMILES string of the molecule is CC1(C)c2cc(-c3ccccc3)ccc2N(c2c(C#N)c3c(c(C#N)c2N2c4ccc(-c5ccccc5)cc4C(C)(C)c4cc(-c5ccccc5)ccc42)C(C)(C)C(C)(C)C3(C)C)c2ccc(-c3ccccc3)cc21. The van der Waals surface area contributed by atoms with E-state index in [2.05, 4.69) is 285 Å². The predicted molar refractivity (Wildman–Crippen MR) is 311 cm³/mol. The van der Waals surface area contributed by atoms with Crippen LogP contribution in [0.25, 0.3) is 44.5 Å². The van der Waals surface area contributed by atoms with Crippen LogP contribution in [0, 0.1) is 28.1 Å². The highest BCUT2D eigenvalue weighted by atomic mass is 15.2. The monoisotopic (exact) mass is 970 g/mol. The summed E-state index contributed by atoms with van der Waals surface area (Å²) < 4.78 is 0. The van der Waals surface area contributed by atoms with Crippen LogP contribution in [-0.4, -0.2) is 0 Å². The summed E-state index contributed by atoms with van der Waals surface area (Å²) in [6, 6.07) is 75.7. The summed E-state index contributed by atoms with van der Waals surface area (Å²) >= 11 is 0. The Hall–Kier alpha value is -8.44. The first-order valence-electron chi connectivity index (χ1n) is 26.4. The van der Waals surface area contributed by atoms with Crippen molar-refractivity contribution in [3.63, 3.8) is 0 Å². The molecule has 0 fully saturated rings. The first kappa shape index (κ1) is 47.6. The first-order chi connectivity index (χ1) is 35.9. The lowest BCUT2D eigenvalue weighted by atomic mass is 9.59. The zero-order chi connectivity index (χ0) is 52.4. The standard InChI is InChI=1S/C71H62N4/c1-67(2)55-39-49(45-23-15-11-16-24-45)31-35-59(55)74(60-36-32-50(40-56(60)67)46-25-17-12-18-26-46)65-53(43-72)63-64(70(7,8)71(9,10)69(63,5)6)54(44-73)66(65)75-61-37-33-51(47-27-19-13-20-28-47)41-57(61)68(3,4)58-42-52(34-38-62(58)75)48-29-21-14-22-30-48/h11-42H,1-10H3. The van der Waals surface area contributed by atoms with Gasteiger partial charge in [-0.2, -0.15) is 10.5 Å². The van der Waals surface area contributed by atoms with E-state index in [1.807, 2.05) is 0 Å². The fourth-order valence-electron chi connectivity index (χ4n) is 13.2. The number of hydrogen-bond donors (Lipinski definition) is 0. The van der Waals surface area contributed by atoms with E-state index in [1.54, 1.807) is 0 Å². The Labute approximate surface area is 443 Å². The molecule has 2 heterocycles. The van der Waals surface area contributed by atoms with E-state index in [4.69, 9.17) is 0 Å². The third-order valence-electron chi connectivity index (χ3n) is 18.6. The van der Waals surface area contributed by atoms with Gasteiger partial charge in [0, 0.05) is 10.8 Å². The largest absolute Gasteiger partial charge is 0.307 e. The quantitative estimate of drug-likeness (QED) is 0.167. The van der Waals surface area contributed by atoms with Crippen LogP contribution in [0.1, 0.15) is 114 Å². The van der Waals surface area contributed by atoms with Crippen LogP contribution in [0.3, 0.4) is 0 Å². The topological polar surface area (TPSA) is 54.1 Å². The van der Waals surface area contributed by atoms with Crippen molar-refractivity contribution in [2.45, 2.75) is 90.9 Å². The molecule has 9 aromatic rings. The third-order valence-corrected chi connectivity index (χ3v) is 18.6. The van der Waals surface area contributed by atoms with E-state index < -0.39 is 21.7 Å². The average Bonchev–Trinajstić information content (AvgIpc) is 3.70. The van der Waals surface area contributed by atoms with Gasteiger partial charge in [-0.3, -0.25) is 0 Å². The summed E-state index contributed by atoms with van der Waals surface area (Å²) in [7, 11) is 0. The van der Waals surface area contributed by atoms with Crippen LogP contribution in [0.15, 0.2) is 194 Å². The highest BCUT2D eigenvalue weighted by Gasteiger charge is 2.61. The zero-order valence-electron chi connectivity index (χ0n) is 44.8. The molecule has 0 saturated carbocycles. The summed E-state index contributed by atoms with van der Waals surface area (Å²) in [5.41, 5.74) is 19.5. The molecule has 4 nitrogen and oxygen atoms in total. The molecule has 9 aromatic carbocycles. The molecule has 0 amide bonds. The fraction of sp³-hybridized carbons (Fsp3) is 0.211. The fourth-order valence-corrected chi connectivity index (χ4v) is 13.2. The van der Waals surface area contributed by atoms with Crippen molar-refractivity contribution >= 4 is 34.1 Å². The number of fused-ring (bicyclic) bond motifs is 5. The molecule has 0 unspecified atom stereocenters. The summed E-state index contributed by atoms with van der Waals surface area (Å²) in [6.45, 7) is 23.1. The molecule has 0 spiro atoms. The Morgan fingerprint density at radius 3 is 0.773 bits per heavy atom. The maximum atomic E-state index is 12.4. The molecular formula is C71H62N4.